The van der Waals surface area contributed by atoms with E-state index in [1.165, 1.54) is 0 Å². The van der Waals surface area contributed by atoms with Crippen molar-refractivity contribution in [3.63, 3.8) is 0 Å². The van der Waals surface area contributed by atoms with Gasteiger partial charge in [0.15, 0.2) is 5.82 Å². The lowest BCUT2D eigenvalue weighted by Crippen LogP contribution is -2.47. The number of hydrogen-bond acceptors (Lipinski definition) is 6. The number of carbonyl (C=O) groups is 1. The maximum absolute atomic E-state index is 11.9. The Morgan fingerprint density at radius 3 is 2.96 bits per heavy atom. The lowest BCUT2D eigenvalue weighted by Gasteiger charge is -2.31. The van der Waals surface area contributed by atoms with Gasteiger partial charge in [0.05, 0.1) is 17.5 Å². The Kier molecular flexibility index (Phi) is 4.98. The highest BCUT2D eigenvalue weighted by Crippen LogP contribution is 2.36. The normalized spacial score (nSPS) is 27.0. The summed E-state index contributed by atoms with van der Waals surface area (Å²) >= 11 is 0. The number of hydrogen-bond donors (Lipinski definition) is 4. The van der Waals surface area contributed by atoms with Gasteiger partial charge in [0, 0.05) is 29.9 Å². The Morgan fingerprint density at radius 2 is 2.19 bits per heavy atom. The second-order valence-electron chi connectivity index (χ2n) is 7.47. The predicted octanol–water partition coefficient (Wildman–Crippen LogP) is 2.74. The molecule has 27 heavy (non-hydrogen) atoms. The highest BCUT2D eigenvalue weighted by atomic mass is 16.6. The van der Waals surface area contributed by atoms with Crippen LogP contribution < -0.4 is 10.6 Å². The SMILES string of the molecule is Cc1ncccc1Nc1cc([C@H]2CC[C@@H](OC(=O)NC3CC(O)C3)C2)[nH]n1. The van der Waals surface area contributed by atoms with Crippen LogP contribution in [0.1, 0.15) is 49.4 Å². The summed E-state index contributed by atoms with van der Waals surface area (Å²) in [5.41, 5.74) is 2.90. The van der Waals surface area contributed by atoms with Gasteiger partial charge in [-0.05, 0) is 51.2 Å². The number of anilines is 2. The minimum atomic E-state index is -0.378. The van der Waals surface area contributed by atoms with E-state index in [1.807, 2.05) is 25.1 Å². The zero-order chi connectivity index (χ0) is 18.8. The van der Waals surface area contributed by atoms with Crippen LogP contribution in [0.15, 0.2) is 24.4 Å². The van der Waals surface area contributed by atoms with Crippen LogP contribution >= 0.6 is 0 Å². The molecule has 8 nitrogen and oxygen atoms in total. The Morgan fingerprint density at radius 1 is 1.33 bits per heavy atom. The van der Waals surface area contributed by atoms with E-state index in [0.717, 1.165) is 42.2 Å². The minimum absolute atomic E-state index is 0.0434. The Hall–Kier alpha value is -2.61. The van der Waals surface area contributed by atoms with Gasteiger partial charge in [0.25, 0.3) is 0 Å². The van der Waals surface area contributed by atoms with Crippen LogP contribution in [0.5, 0.6) is 0 Å². The molecule has 0 aromatic carbocycles. The summed E-state index contributed by atoms with van der Waals surface area (Å²) in [6.07, 6.45) is 4.82. The van der Waals surface area contributed by atoms with Gasteiger partial charge >= 0.3 is 6.09 Å². The monoisotopic (exact) mass is 371 g/mol. The summed E-state index contributed by atoms with van der Waals surface area (Å²) in [5.74, 6) is 1.05. The number of amides is 1. The molecule has 0 saturated heterocycles. The van der Waals surface area contributed by atoms with Crippen LogP contribution in [-0.2, 0) is 4.74 Å². The topological polar surface area (TPSA) is 112 Å². The van der Waals surface area contributed by atoms with Crippen molar-refractivity contribution in [1.29, 1.82) is 0 Å². The number of H-pyrrole nitrogens is 1. The summed E-state index contributed by atoms with van der Waals surface area (Å²) in [4.78, 5) is 16.2. The smallest absolute Gasteiger partial charge is 0.407 e. The average Bonchev–Trinajstić information content (AvgIpc) is 3.25. The molecule has 0 unspecified atom stereocenters. The Balaban J connectivity index is 1.28. The van der Waals surface area contributed by atoms with Gasteiger partial charge in [0.2, 0.25) is 0 Å². The van der Waals surface area contributed by atoms with E-state index in [2.05, 4.69) is 25.8 Å². The van der Waals surface area contributed by atoms with Crippen molar-refractivity contribution < 1.29 is 14.6 Å². The van der Waals surface area contributed by atoms with Gasteiger partial charge in [-0.2, -0.15) is 5.10 Å². The lowest BCUT2D eigenvalue weighted by atomic mass is 9.90. The molecule has 2 fully saturated rings. The van der Waals surface area contributed by atoms with E-state index in [1.54, 1.807) is 6.20 Å². The van der Waals surface area contributed by atoms with Crippen molar-refractivity contribution in [3.05, 3.63) is 35.8 Å². The minimum Gasteiger partial charge on any atom is -0.446 e. The number of ether oxygens (including phenoxy) is 1. The van der Waals surface area contributed by atoms with Crippen LogP contribution in [-0.4, -0.2) is 44.6 Å². The first-order valence-corrected chi connectivity index (χ1v) is 9.46. The molecule has 4 N–H and O–H groups in total. The zero-order valence-corrected chi connectivity index (χ0v) is 15.3. The number of nitrogens with one attached hydrogen (secondary N) is 3. The van der Waals surface area contributed by atoms with Crippen LogP contribution in [0.25, 0.3) is 0 Å². The summed E-state index contributed by atoms with van der Waals surface area (Å²) in [6, 6.07) is 5.91. The second kappa shape index (κ2) is 7.56. The summed E-state index contributed by atoms with van der Waals surface area (Å²) in [7, 11) is 0. The molecule has 2 heterocycles. The van der Waals surface area contributed by atoms with Crippen molar-refractivity contribution in [2.24, 2.45) is 0 Å². The van der Waals surface area contributed by atoms with Crippen LogP contribution in [0, 0.1) is 6.92 Å². The lowest BCUT2D eigenvalue weighted by molar-refractivity contribution is 0.0499. The summed E-state index contributed by atoms with van der Waals surface area (Å²) < 4.78 is 5.53. The van der Waals surface area contributed by atoms with Gasteiger partial charge < -0.3 is 20.5 Å². The summed E-state index contributed by atoms with van der Waals surface area (Å²) in [5, 5.41) is 22.8. The second-order valence-corrected chi connectivity index (χ2v) is 7.47. The molecule has 2 aliphatic rings. The third-order valence-electron chi connectivity index (χ3n) is 5.40. The van der Waals surface area contributed by atoms with Gasteiger partial charge in [-0.1, -0.05) is 0 Å². The van der Waals surface area contributed by atoms with Crippen molar-refractivity contribution >= 4 is 17.6 Å². The van der Waals surface area contributed by atoms with Crippen LogP contribution in [0.3, 0.4) is 0 Å². The molecule has 2 aliphatic carbocycles. The van der Waals surface area contributed by atoms with Gasteiger partial charge in [-0.25, -0.2) is 4.79 Å². The van der Waals surface area contributed by atoms with Crippen molar-refractivity contribution in [2.75, 3.05) is 5.32 Å². The molecule has 1 amide bonds. The van der Waals surface area contributed by atoms with Gasteiger partial charge in [-0.15, -0.1) is 0 Å². The van der Waals surface area contributed by atoms with Gasteiger partial charge in [0.1, 0.15) is 6.10 Å². The molecular formula is C19H25N5O3. The van der Waals surface area contributed by atoms with E-state index in [-0.39, 0.29) is 24.3 Å². The quantitative estimate of drug-likeness (QED) is 0.643. The van der Waals surface area contributed by atoms with Crippen LogP contribution in [0.2, 0.25) is 0 Å². The molecule has 2 saturated carbocycles. The molecule has 0 aliphatic heterocycles. The predicted molar refractivity (Wildman–Crippen MR) is 99.9 cm³/mol. The van der Waals surface area contributed by atoms with E-state index in [0.29, 0.717) is 18.8 Å². The first-order valence-electron chi connectivity index (χ1n) is 9.46. The third-order valence-corrected chi connectivity index (χ3v) is 5.40. The number of carbonyl (C=O) groups excluding carboxylic acids is 1. The molecule has 0 radical (unpaired) electrons. The number of aliphatic hydroxyl groups is 1. The number of aromatic nitrogens is 3. The molecular weight excluding hydrogens is 346 g/mol. The van der Waals surface area contributed by atoms with E-state index in [9.17, 15) is 9.90 Å². The maximum Gasteiger partial charge on any atom is 0.407 e. The van der Waals surface area contributed by atoms with Crippen LogP contribution in [0.4, 0.5) is 16.3 Å². The number of pyridine rings is 1. The molecule has 0 spiro atoms. The molecule has 8 heteroatoms. The maximum atomic E-state index is 11.9. The number of aryl methyl sites for hydroxylation is 1. The third kappa shape index (κ3) is 4.21. The average molecular weight is 371 g/mol. The fourth-order valence-corrected chi connectivity index (χ4v) is 3.75. The molecule has 4 rings (SSSR count). The number of aliphatic hydroxyl groups excluding tert-OH is 1. The van der Waals surface area contributed by atoms with E-state index >= 15 is 0 Å². The first-order chi connectivity index (χ1) is 13.1. The number of aromatic amines is 1. The zero-order valence-electron chi connectivity index (χ0n) is 15.3. The Bertz CT molecular complexity index is 802. The molecule has 144 valence electrons. The van der Waals surface area contributed by atoms with Gasteiger partial charge in [-0.3, -0.25) is 10.1 Å². The van der Waals surface area contributed by atoms with Crippen molar-refractivity contribution in [3.8, 4) is 0 Å². The molecule has 2 atom stereocenters. The molecule has 2 aromatic heterocycles. The molecule has 2 aromatic rings. The number of alkyl carbamates (subject to hydrolysis) is 1. The number of rotatable bonds is 5. The molecule has 0 bridgehead atoms. The van der Waals surface area contributed by atoms with Crippen molar-refractivity contribution in [2.45, 2.75) is 63.2 Å². The summed E-state index contributed by atoms with van der Waals surface area (Å²) in [6.45, 7) is 1.95. The fraction of sp³-hybridized carbons (Fsp3) is 0.526. The van der Waals surface area contributed by atoms with Crippen molar-refractivity contribution in [1.82, 2.24) is 20.5 Å². The van der Waals surface area contributed by atoms with E-state index in [4.69, 9.17) is 4.74 Å². The Labute approximate surface area is 157 Å². The standard InChI is InChI=1S/C19H25N5O3/c1-11-16(3-2-6-20-11)22-18-10-17(23-24-18)12-4-5-15(7-12)27-19(26)21-13-8-14(25)9-13/h2-3,6,10,12-15,25H,4-5,7-9H2,1H3,(H,21,26)(H2,22,23,24)/t12-,13?,14?,15+/m0/s1. The highest BCUT2D eigenvalue weighted by Gasteiger charge is 2.32. The largest absolute Gasteiger partial charge is 0.446 e. The number of nitrogens with zero attached hydrogens (tertiary/aromatic N) is 2. The highest BCUT2D eigenvalue weighted by molar-refractivity contribution is 5.68. The van der Waals surface area contributed by atoms with E-state index < -0.39 is 0 Å². The fourth-order valence-electron chi connectivity index (χ4n) is 3.75. The first kappa shape index (κ1) is 17.8.